The van der Waals surface area contributed by atoms with Gasteiger partial charge < -0.3 is 5.32 Å². The number of aromatic nitrogens is 2. The molecule has 138 valence electrons. The summed E-state index contributed by atoms with van der Waals surface area (Å²) in [6, 6.07) is 0. The topological polar surface area (TPSA) is 64.0 Å². The van der Waals surface area contributed by atoms with E-state index in [2.05, 4.69) is 12.2 Å². The van der Waals surface area contributed by atoms with Crippen LogP contribution in [-0.4, -0.2) is 27.3 Å². The van der Waals surface area contributed by atoms with E-state index in [0.29, 0.717) is 18.2 Å². The van der Waals surface area contributed by atoms with Gasteiger partial charge >= 0.3 is 0 Å². The molecule has 0 aromatic carbocycles. The van der Waals surface area contributed by atoms with Crippen LogP contribution in [0.15, 0.2) is 9.95 Å². The van der Waals surface area contributed by atoms with Crippen LogP contribution in [0.3, 0.4) is 0 Å². The first-order chi connectivity index (χ1) is 11.9. The van der Waals surface area contributed by atoms with Crippen LogP contribution in [0.25, 0.3) is 10.2 Å². The molecule has 0 fully saturated rings. The van der Waals surface area contributed by atoms with Crippen molar-refractivity contribution in [3.8, 4) is 0 Å². The molecule has 25 heavy (non-hydrogen) atoms. The Balaban J connectivity index is 2.43. The van der Waals surface area contributed by atoms with Crippen LogP contribution in [0.4, 0.5) is 0 Å². The monoisotopic (exact) mass is 381 g/mol. The Hall–Kier alpha value is -1.34. The quantitative estimate of drug-likeness (QED) is 0.557. The third kappa shape index (κ3) is 4.44. The number of thiophene rings is 1. The first-order valence-corrected chi connectivity index (χ1v) is 10.5. The summed E-state index contributed by atoms with van der Waals surface area (Å²) in [4.78, 5) is 31.9. The Morgan fingerprint density at radius 3 is 2.68 bits per heavy atom. The zero-order valence-corrected chi connectivity index (χ0v) is 17.3. The zero-order chi connectivity index (χ0) is 18.6. The highest BCUT2D eigenvalue weighted by molar-refractivity contribution is 8.00. The molecule has 1 N–H and O–H groups in total. The van der Waals surface area contributed by atoms with Crippen molar-refractivity contribution in [1.82, 2.24) is 14.9 Å². The van der Waals surface area contributed by atoms with Gasteiger partial charge in [0.2, 0.25) is 5.91 Å². The number of hydrogen-bond donors (Lipinski definition) is 1. The number of thioether (sulfide) groups is 1. The maximum atomic E-state index is 13.0. The van der Waals surface area contributed by atoms with E-state index in [-0.39, 0.29) is 16.7 Å². The Kier molecular flexibility index (Phi) is 7.07. The number of fused-ring (bicyclic) bond motifs is 1. The van der Waals surface area contributed by atoms with E-state index in [1.807, 2.05) is 27.7 Å². The summed E-state index contributed by atoms with van der Waals surface area (Å²) < 4.78 is 1.75. The second-order valence-corrected chi connectivity index (χ2v) is 8.73. The SMILES string of the molecule is CCCCn1c(S[C@@H](C)C(=O)NCCC)nc2sc(C)c(C)c2c1=O. The summed E-state index contributed by atoms with van der Waals surface area (Å²) >= 11 is 2.92. The smallest absolute Gasteiger partial charge is 0.263 e. The summed E-state index contributed by atoms with van der Waals surface area (Å²) in [7, 11) is 0. The van der Waals surface area contributed by atoms with Crippen LogP contribution in [0.2, 0.25) is 0 Å². The van der Waals surface area contributed by atoms with E-state index >= 15 is 0 Å². The van der Waals surface area contributed by atoms with Crippen molar-refractivity contribution in [3.05, 3.63) is 20.8 Å². The van der Waals surface area contributed by atoms with Gasteiger partial charge in [0.15, 0.2) is 5.16 Å². The number of nitrogens with zero attached hydrogens (tertiary/aromatic N) is 2. The molecule has 2 heterocycles. The van der Waals surface area contributed by atoms with Gasteiger partial charge in [-0.3, -0.25) is 14.2 Å². The molecule has 0 saturated carbocycles. The van der Waals surface area contributed by atoms with Crippen LogP contribution in [0.1, 0.15) is 50.5 Å². The molecule has 0 aliphatic carbocycles. The molecule has 2 rings (SSSR count). The number of rotatable bonds is 8. The summed E-state index contributed by atoms with van der Waals surface area (Å²) in [5.41, 5.74) is 1.04. The lowest BCUT2D eigenvalue weighted by Gasteiger charge is -2.15. The highest BCUT2D eigenvalue weighted by atomic mass is 32.2. The van der Waals surface area contributed by atoms with Crippen molar-refractivity contribution < 1.29 is 4.79 Å². The lowest BCUT2D eigenvalue weighted by Crippen LogP contribution is -2.32. The van der Waals surface area contributed by atoms with Gasteiger partial charge in [-0.25, -0.2) is 4.98 Å². The summed E-state index contributed by atoms with van der Waals surface area (Å²) in [6.07, 6.45) is 2.82. The largest absolute Gasteiger partial charge is 0.355 e. The Morgan fingerprint density at radius 2 is 2.04 bits per heavy atom. The molecule has 2 aromatic heterocycles. The first-order valence-electron chi connectivity index (χ1n) is 8.85. The molecule has 5 nitrogen and oxygen atoms in total. The fourth-order valence-electron chi connectivity index (χ4n) is 2.52. The molecular weight excluding hydrogens is 354 g/mol. The molecule has 0 aliphatic heterocycles. The predicted octanol–water partition coefficient (Wildman–Crippen LogP) is 3.88. The maximum absolute atomic E-state index is 13.0. The molecule has 7 heteroatoms. The maximum Gasteiger partial charge on any atom is 0.263 e. The van der Waals surface area contributed by atoms with Crippen molar-refractivity contribution in [3.63, 3.8) is 0 Å². The molecule has 0 bridgehead atoms. The van der Waals surface area contributed by atoms with Crippen LogP contribution in [0, 0.1) is 13.8 Å². The Morgan fingerprint density at radius 1 is 1.32 bits per heavy atom. The van der Waals surface area contributed by atoms with Crippen LogP contribution in [-0.2, 0) is 11.3 Å². The van der Waals surface area contributed by atoms with Crippen LogP contribution >= 0.6 is 23.1 Å². The number of nitrogens with one attached hydrogen (secondary N) is 1. The van der Waals surface area contributed by atoms with Gasteiger partial charge in [0.05, 0.1) is 10.6 Å². The van der Waals surface area contributed by atoms with Crippen molar-refractivity contribution in [1.29, 1.82) is 0 Å². The fraction of sp³-hybridized carbons (Fsp3) is 0.611. The predicted molar refractivity (Wildman–Crippen MR) is 107 cm³/mol. The third-order valence-corrected chi connectivity index (χ3v) is 6.38. The molecule has 0 saturated heterocycles. The van der Waals surface area contributed by atoms with Crippen molar-refractivity contribution >= 4 is 39.2 Å². The molecule has 0 radical (unpaired) electrons. The minimum Gasteiger partial charge on any atom is -0.355 e. The van der Waals surface area contributed by atoms with Gasteiger partial charge in [-0.05, 0) is 39.2 Å². The standard InChI is InChI=1S/C18H27N3O2S2/c1-6-8-10-21-17(23)14-11(3)12(4)24-16(14)20-18(21)25-13(5)15(22)19-9-7-2/h13H,6-10H2,1-5H3,(H,19,22)/t13-/m0/s1. The van der Waals surface area contributed by atoms with E-state index < -0.39 is 0 Å². The van der Waals surface area contributed by atoms with Gasteiger partial charge in [-0.2, -0.15) is 0 Å². The van der Waals surface area contributed by atoms with E-state index in [1.165, 1.54) is 11.8 Å². The average molecular weight is 382 g/mol. The average Bonchev–Trinajstić information content (AvgIpc) is 2.86. The lowest BCUT2D eigenvalue weighted by molar-refractivity contribution is -0.120. The van der Waals surface area contributed by atoms with Gasteiger partial charge in [0.1, 0.15) is 4.83 Å². The number of carbonyl (C=O) groups is 1. The van der Waals surface area contributed by atoms with Crippen molar-refractivity contribution in [2.24, 2.45) is 0 Å². The van der Waals surface area contributed by atoms with E-state index in [0.717, 1.165) is 39.9 Å². The second-order valence-electron chi connectivity index (χ2n) is 6.22. The first kappa shape index (κ1) is 20.0. The van der Waals surface area contributed by atoms with Gasteiger partial charge in [-0.1, -0.05) is 32.0 Å². The molecule has 1 atom stereocenters. The number of amides is 1. The molecular formula is C18H27N3O2S2. The number of unbranched alkanes of at least 4 members (excludes halogenated alkanes) is 1. The van der Waals surface area contributed by atoms with E-state index in [4.69, 9.17) is 4.98 Å². The van der Waals surface area contributed by atoms with Gasteiger partial charge in [-0.15, -0.1) is 11.3 Å². The van der Waals surface area contributed by atoms with Crippen molar-refractivity contribution in [2.75, 3.05) is 6.54 Å². The fourth-order valence-corrected chi connectivity index (χ4v) is 4.55. The molecule has 2 aromatic rings. The van der Waals surface area contributed by atoms with Gasteiger partial charge in [0, 0.05) is 18.0 Å². The van der Waals surface area contributed by atoms with E-state index in [9.17, 15) is 9.59 Å². The summed E-state index contributed by atoms with van der Waals surface area (Å²) in [6.45, 7) is 11.3. The summed E-state index contributed by atoms with van der Waals surface area (Å²) in [5.74, 6) is -0.0122. The molecule has 0 unspecified atom stereocenters. The number of carbonyl (C=O) groups excluding carboxylic acids is 1. The normalized spacial score (nSPS) is 12.5. The number of aryl methyl sites for hydroxylation is 2. The molecule has 0 spiro atoms. The van der Waals surface area contributed by atoms with Gasteiger partial charge in [0.25, 0.3) is 5.56 Å². The summed E-state index contributed by atoms with van der Waals surface area (Å²) in [5, 5.41) is 3.99. The van der Waals surface area contributed by atoms with Crippen molar-refractivity contribution in [2.45, 2.75) is 70.8 Å². The molecule has 1 amide bonds. The minimum absolute atomic E-state index is 0.0122. The molecule has 0 aliphatic rings. The van der Waals surface area contributed by atoms with E-state index in [1.54, 1.807) is 15.9 Å². The third-order valence-electron chi connectivity index (χ3n) is 4.19. The second kappa shape index (κ2) is 8.85. The van der Waals surface area contributed by atoms with Crippen LogP contribution < -0.4 is 10.9 Å². The highest BCUT2D eigenvalue weighted by Gasteiger charge is 2.21. The Bertz CT molecular complexity index is 811. The zero-order valence-electron chi connectivity index (χ0n) is 15.6. The van der Waals surface area contributed by atoms with Crippen LogP contribution in [0.5, 0.6) is 0 Å². The lowest BCUT2D eigenvalue weighted by atomic mass is 10.2. The highest BCUT2D eigenvalue weighted by Crippen LogP contribution is 2.29. The Labute approximate surface area is 157 Å². The number of hydrogen-bond acceptors (Lipinski definition) is 5. The minimum atomic E-state index is -0.286.